The average molecular weight is 408 g/mol. The second kappa shape index (κ2) is 10.4. The van der Waals surface area contributed by atoms with E-state index in [1.54, 1.807) is 11.8 Å². The van der Waals surface area contributed by atoms with E-state index in [2.05, 4.69) is 25.6 Å². The van der Waals surface area contributed by atoms with Crippen LogP contribution in [0.3, 0.4) is 0 Å². The average Bonchev–Trinajstić information content (AvgIpc) is 3.31. The maximum absolute atomic E-state index is 5.92. The van der Waals surface area contributed by atoms with E-state index in [0.717, 1.165) is 60.2 Å². The van der Waals surface area contributed by atoms with E-state index < -0.39 is 0 Å². The number of tetrazole rings is 1. The number of aromatic nitrogens is 5. The Hall–Kier alpha value is -1.90. The Bertz CT molecular complexity index is 808. The van der Waals surface area contributed by atoms with Crippen molar-refractivity contribution < 1.29 is 9.15 Å². The predicted molar refractivity (Wildman–Crippen MR) is 106 cm³/mol. The molecule has 0 spiro atoms. The second-order valence-electron chi connectivity index (χ2n) is 5.98. The first-order valence-corrected chi connectivity index (χ1v) is 10.4. The van der Waals surface area contributed by atoms with Crippen LogP contribution in [0.15, 0.2) is 28.7 Å². The maximum atomic E-state index is 5.92. The third kappa shape index (κ3) is 6.34. The minimum Gasteiger partial charge on any atom is -0.441 e. The van der Waals surface area contributed by atoms with Crippen molar-refractivity contribution in [2.75, 3.05) is 19.0 Å². The first kappa shape index (κ1) is 19.9. The summed E-state index contributed by atoms with van der Waals surface area (Å²) in [6.07, 6.45) is 2.88. The van der Waals surface area contributed by atoms with Gasteiger partial charge in [0, 0.05) is 23.6 Å². The molecule has 27 heavy (non-hydrogen) atoms. The SMILES string of the molecule is Cc1oc(-c2ccc(Cl)cc2)nc1CCOCCCCSCc1nn[nH]n1. The Morgan fingerprint density at radius 3 is 2.81 bits per heavy atom. The fraction of sp³-hybridized carbons (Fsp3) is 0.444. The summed E-state index contributed by atoms with van der Waals surface area (Å²) < 4.78 is 11.5. The first-order chi connectivity index (χ1) is 13.2. The zero-order valence-electron chi connectivity index (χ0n) is 15.2. The van der Waals surface area contributed by atoms with Crippen molar-refractivity contribution in [1.29, 1.82) is 0 Å². The number of oxazole rings is 1. The molecule has 3 rings (SSSR count). The molecular weight excluding hydrogens is 386 g/mol. The topological polar surface area (TPSA) is 89.7 Å². The van der Waals surface area contributed by atoms with E-state index in [4.69, 9.17) is 20.8 Å². The van der Waals surface area contributed by atoms with E-state index in [1.807, 2.05) is 31.2 Å². The summed E-state index contributed by atoms with van der Waals surface area (Å²) >= 11 is 7.72. The number of unbranched alkanes of at least 4 members (excludes halogenated alkanes) is 1. The van der Waals surface area contributed by atoms with Crippen molar-refractivity contribution in [2.24, 2.45) is 0 Å². The van der Waals surface area contributed by atoms with E-state index >= 15 is 0 Å². The largest absolute Gasteiger partial charge is 0.441 e. The fourth-order valence-corrected chi connectivity index (χ4v) is 3.45. The monoisotopic (exact) mass is 407 g/mol. The number of nitrogens with one attached hydrogen (secondary N) is 1. The molecule has 0 aliphatic heterocycles. The van der Waals surface area contributed by atoms with Crippen molar-refractivity contribution >= 4 is 23.4 Å². The van der Waals surface area contributed by atoms with E-state index in [1.165, 1.54) is 0 Å². The number of rotatable bonds is 11. The molecule has 0 saturated carbocycles. The maximum Gasteiger partial charge on any atom is 0.226 e. The van der Waals surface area contributed by atoms with Crippen LogP contribution in [-0.2, 0) is 16.9 Å². The lowest BCUT2D eigenvalue weighted by Gasteiger charge is -2.03. The molecule has 1 N–H and O–H groups in total. The summed E-state index contributed by atoms with van der Waals surface area (Å²) in [5.74, 6) is 4.06. The number of hydrogen-bond acceptors (Lipinski definition) is 7. The molecule has 0 radical (unpaired) electrons. The molecular formula is C18H22ClN5O2S. The van der Waals surface area contributed by atoms with Crippen LogP contribution in [0.5, 0.6) is 0 Å². The zero-order valence-corrected chi connectivity index (χ0v) is 16.7. The summed E-state index contributed by atoms with van der Waals surface area (Å²) in [6, 6.07) is 7.48. The lowest BCUT2D eigenvalue weighted by atomic mass is 10.2. The van der Waals surface area contributed by atoms with Crippen molar-refractivity contribution in [3.63, 3.8) is 0 Å². The minimum absolute atomic E-state index is 0.623. The van der Waals surface area contributed by atoms with E-state index in [-0.39, 0.29) is 0 Å². The molecule has 2 heterocycles. The number of thioether (sulfide) groups is 1. The molecule has 0 fully saturated rings. The lowest BCUT2D eigenvalue weighted by Crippen LogP contribution is -2.02. The van der Waals surface area contributed by atoms with Crippen LogP contribution in [0.1, 0.15) is 30.1 Å². The van der Waals surface area contributed by atoms with Gasteiger partial charge in [-0.1, -0.05) is 16.8 Å². The predicted octanol–water partition coefficient (Wildman–Crippen LogP) is 4.09. The van der Waals surface area contributed by atoms with Crippen molar-refractivity contribution in [1.82, 2.24) is 25.6 Å². The molecule has 9 heteroatoms. The first-order valence-electron chi connectivity index (χ1n) is 8.82. The lowest BCUT2D eigenvalue weighted by molar-refractivity contribution is 0.133. The number of ether oxygens (including phenoxy) is 1. The van der Waals surface area contributed by atoms with Gasteiger partial charge in [-0.15, -0.1) is 10.2 Å². The Morgan fingerprint density at radius 2 is 2.04 bits per heavy atom. The van der Waals surface area contributed by atoms with Gasteiger partial charge in [-0.2, -0.15) is 17.0 Å². The number of hydrogen-bond donors (Lipinski definition) is 1. The number of halogens is 1. The van der Waals surface area contributed by atoms with Gasteiger partial charge in [0.05, 0.1) is 18.1 Å². The van der Waals surface area contributed by atoms with Crippen LogP contribution in [0.25, 0.3) is 11.5 Å². The summed E-state index contributed by atoms with van der Waals surface area (Å²) in [4.78, 5) is 4.58. The number of benzene rings is 1. The molecule has 0 saturated heterocycles. The second-order valence-corrected chi connectivity index (χ2v) is 7.52. The molecule has 7 nitrogen and oxygen atoms in total. The van der Waals surface area contributed by atoms with Crippen LogP contribution in [0.4, 0.5) is 0 Å². The Balaban J connectivity index is 1.29. The molecule has 1 aromatic carbocycles. The minimum atomic E-state index is 0.623. The number of aryl methyl sites for hydroxylation is 1. The number of H-pyrrole nitrogens is 1. The Labute approximate surface area is 167 Å². The van der Waals surface area contributed by atoms with Gasteiger partial charge in [0.1, 0.15) is 5.76 Å². The van der Waals surface area contributed by atoms with Crippen LogP contribution in [-0.4, -0.2) is 44.6 Å². The summed E-state index contributed by atoms with van der Waals surface area (Å²) in [7, 11) is 0. The highest BCUT2D eigenvalue weighted by atomic mass is 35.5. The highest BCUT2D eigenvalue weighted by molar-refractivity contribution is 7.98. The van der Waals surface area contributed by atoms with Crippen molar-refractivity contribution in [3.8, 4) is 11.5 Å². The van der Waals surface area contributed by atoms with Gasteiger partial charge in [-0.05, 0) is 49.8 Å². The highest BCUT2D eigenvalue weighted by Gasteiger charge is 2.11. The summed E-state index contributed by atoms with van der Waals surface area (Å²) in [5.41, 5.74) is 1.86. The van der Waals surface area contributed by atoms with Gasteiger partial charge in [0.25, 0.3) is 0 Å². The third-order valence-electron chi connectivity index (χ3n) is 3.91. The van der Waals surface area contributed by atoms with Gasteiger partial charge >= 0.3 is 0 Å². The molecule has 144 valence electrons. The molecule has 0 atom stereocenters. The zero-order chi connectivity index (χ0) is 18.9. The van der Waals surface area contributed by atoms with E-state index in [0.29, 0.717) is 17.5 Å². The smallest absolute Gasteiger partial charge is 0.226 e. The van der Waals surface area contributed by atoms with Crippen LogP contribution >= 0.6 is 23.4 Å². The van der Waals surface area contributed by atoms with Gasteiger partial charge < -0.3 is 9.15 Å². The van der Waals surface area contributed by atoms with Crippen molar-refractivity contribution in [3.05, 3.63) is 46.6 Å². The third-order valence-corrected chi connectivity index (χ3v) is 5.21. The Kier molecular flexibility index (Phi) is 7.67. The van der Waals surface area contributed by atoms with Gasteiger partial charge in [0.2, 0.25) is 5.89 Å². The molecule has 3 aromatic rings. The van der Waals surface area contributed by atoms with Gasteiger partial charge in [-0.25, -0.2) is 4.98 Å². The van der Waals surface area contributed by atoms with Crippen molar-refractivity contribution in [2.45, 2.75) is 31.9 Å². The quantitative estimate of drug-likeness (QED) is 0.478. The van der Waals surface area contributed by atoms with Crippen LogP contribution in [0.2, 0.25) is 5.02 Å². The molecule has 0 unspecified atom stereocenters. The summed E-state index contributed by atoms with van der Waals surface area (Å²) in [6.45, 7) is 3.33. The highest BCUT2D eigenvalue weighted by Crippen LogP contribution is 2.23. The molecule has 0 bridgehead atoms. The number of nitrogens with zero attached hydrogens (tertiary/aromatic N) is 4. The van der Waals surface area contributed by atoms with Gasteiger partial charge in [0.15, 0.2) is 5.82 Å². The summed E-state index contributed by atoms with van der Waals surface area (Å²) in [5, 5.41) is 14.5. The standard InChI is InChI=1S/C18H22ClN5O2S/c1-13-16(20-18(26-13)14-4-6-15(19)7-5-14)8-10-25-9-2-3-11-27-12-17-21-23-24-22-17/h4-7H,2-3,8-12H2,1H3,(H,21,22,23,24). The van der Waals surface area contributed by atoms with Gasteiger partial charge in [-0.3, -0.25) is 0 Å². The Morgan fingerprint density at radius 1 is 1.19 bits per heavy atom. The molecule has 2 aromatic heterocycles. The normalized spacial score (nSPS) is 11.2. The molecule has 0 amide bonds. The van der Waals surface area contributed by atoms with E-state index in [9.17, 15) is 0 Å². The fourth-order valence-electron chi connectivity index (χ4n) is 2.46. The van der Waals surface area contributed by atoms with Crippen LogP contribution in [0, 0.1) is 6.92 Å². The molecule has 0 aliphatic rings. The number of aromatic amines is 1. The molecule has 0 aliphatic carbocycles. The van der Waals surface area contributed by atoms with Crippen LogP contribution < -0.4 is 0 Å².